The van der Waals surface area contributed by atoms with E-state index in [2.05, 4.69) is 0 Å². The highest BCUT2D eigenvalue weighted by atomic mass is 16.4. The minimum absolute atomic E-state index is 0.233. The number of unbranched alkanes of at least 4 members (excludes halogenated alkanes) is 1. The van der Waals surface area contributed by atoms with E-state index in [1.807, 2.05) is 0 Å². The molecule has 70 valence electrons. The van der Waals surface area contributed by atoms with Crippen molar-refractivity contribution in [2.24, 2.45) is 0 Å². The summed E-state index contributed by atoms with van der Waals surface area (Å²) in [6.45, 7) is -0.233. The first kappa shape index (κ1) is 11.1. The zero-order valence-corrected chi connectivity index (χ0v) is 6.81. The normalized spacial score (nSPS) is 13.5. The third-order valence-corrected chi connectivity index (χ3v) is 1.38. The van der Waals surface area contributed by atoms with Gasteiger partial charge in [-0.05, 0) is 19.3 Å². The first-order chi connectivity index (χ1) is 5.66. The summed E-state index contributed by atoms with van der Waals surface area (Å²) in [5.41, 5.74) is 0. The second kappa shape index (κ2) is 6.82. The molecule has 1 unspecified atom stereocenters. The van der Waals surface area contributed by atoms with Crippen LogP contribution in [0.1, 0.15) is 19.3 Å². The number of carbonyl (C=O) groups is 1. The van der Waals surface area contributed by atoms with Crippen LogP contribution in [0.2, 0.25) is 0 Å². The number of rotatable bonds is 6. The molecule has 0 aromatic carbocycles. The van der Waals surface area contributed by atoms with E-state index in [-0.39, 0.29) is 6.61 Å². The largest absolute Gasteiger partial charge is 0.478 e. The first-order valence-corrected chi connectivity index (χ1v) is 3.85. The summed E-state index contributed by atoms with van der Waals surface area (Å²) in [6.07, 6.45) is 3.73. The third-order valence-electron chi connectivity index (χ3n) is 1.38. The van der Waals surface area contributed by atoms with E-state index in [0.29, 0.717) is 19.3 Å². The van der Waals surface area contributed by atoms with Crippen LogP contribution in [0.15, 0.2) is 12.2 Å². The van der Waals surface area contributed by atoms with Gasteiger partial charge in [0.05, 0.1) is 12.7 Å². The number of carboxylic acid groups (broad SMARTS) is 1. The quantitative estimate of drug-likeness (QED) is 0.395. The van der Waals surface area contributed by atoms with E-state index in [0.717, 1.165) is 6.08 Å². The molecular formula is C8H14O4. The number of carboxylic acids is 1. The average molecular weight is 174 g/mol. The van der Waals surface area contributed by atoms with Crippen LogP contribution in [-0.4, -0.2) is 34.0 Å². The third kappa shape index (κ3) is 7.24. The molecule has 0 heterocycles. The van der Waals surface area contributed by atoms with Gasteiger partial charge in [0.25, 0.3) is 0 Å². The van der Waals surface area contributed by atoms with Crippen molar-refractivity contribution in [1.82, 2.24) is 0 Å². The van der Waals surface area contributed by atoms with Gasteiger partial charge in [-0.2, -0.15) is 0 Å². The lowest BCUT2D eigenvalue weighted by Crippen LogP contribution is -2.10. The zero-order valence-electron chi connectivity index (χ0n) is 6.81. The van der Waals surface area contributed by atoms with Crippen molar-refractivity contribution in [2.75, 3.05) is 6.61 Å². The van der Waals surface area contributed by atoms with E-state index in [1.54, 1.807) is 0 Å². The van der Waals surface area contributed by atoms with E-state index in [4.69, 9.17) is 15.3 Å². The lowest BCUT2D eigenvalue weighted by atomic mass is 10.1. The average Bonchev–Trinajstić information content (AvgIpc) is 2.03. The van der Waals surface area contributed by atoms with Crippen LogP contribution in [0.5, 0.6) is 0 Å². The predicted molar refractivity (Wildman–Crippen MR) is 43.7 cm³/mol. The van der Waals surface area contributed by atoms with Crippen molar-refractivity contribution >= 4 is 5.97 Å². The van der Waals surface area contributed by atoms with Crippen molar-refractivity contribution < 1.29 is 20.1 Å². The van der Waals surface area contributed by atoms with Gasteiger partial charge < -0.3 is 15.3 Å². The fourth-order valence-electron chi connectivity index (χ4n) is 0.747. The Kier molecular flexibility index (Phi) is 6.32. The van der Waals surface area contributed by atoms with Gasteiger partial charge in [-0.15, -0.1) is 0 Å². The molecular weight excluding hydrogens is 160 g/mol. The van der Waals surface area contributed by atoms with Crippen LogP contribution in [0, 0.1) is 0 Å². The van der Waals surface area contributed by atoms with Gasteiger partial charge in [-0.1, -0.05) is 6.08 Å². The van der Waals surface area contributed by atoms with Crippen molar-refractivity contribution in [2.45, 2.75) is 25.4 Å². The minimum Gasteiger partial charge on any atom is -0.478 e. The molecule has 0 aliphatic rings. The standard InChI is InChI=1S/C8H14O4/c9-6-7(10)4-2-1-3-5-8(11)12/h3,5,7,9-10H,1-2,4,6H2,(H,11,12)/b5-3+. The number of allylic oxidation sites excluding steroid dienone is 1. The van der Waals surface area contributed by atoms with Crippen LogP contribution >= 0.6 is 0 Å². The molecule has 4 nitrogen and oxygen atoms in total. The Morgan fingerprint density at radius 2 is 2.17 bits per heavy atom. The summed E-state index contributed by atoms with van der Waals surface area (Å²) >= 11 is 0. The van der Waals surface area contributed by atoms with E-state index in [1.165, 1.54) is 6.08 Å². The second-order valence-electron chi connectivity index (χ2n) is 2.51. The molecule has 0 rings (SSSR count). The predicted octanol–water partition coefficient (Wildman–Crippen LogP) is 0.151. The van der Waals surface area contributed by atoms with Crippen molar-refractivity contribution in [3.63, 3.8) is 0 Å². The van der Waals surface area contributed by atoms with Crippen LogP contribution in [-0.2, 0) is 4.79 Å². The summed E-state index contributed by atoms with van der Waals surface area (Å²) in [5, 5.41) is 25.5. The van der Waals surface area contributed by atoms with Gasteiger partial charge in [0, 0.05) is 6.08 Å². The monoisotopic (exact) mass is 174 g/mol. The second-order valence-corrected chi connectivity index (χ2v) is 2.51. The summed E-state index contributed by atoms with van der Waals surface area (Å²) in [5.74, 6) is -0.960. The van der Waals surface area contributed by atoms with Gasteiger partial charge in [-0.25, -0.2) is 4.79 Å². The Labute approximate surface area is 71.1 Å². The van der Waals surface area contributed by atoms with Gasteiger partial charge >= 0.3 is 5.97 Å². The molecule has 0 fully saturated rings. The fourth-order valence-corrected chi connectivity index (χ4v) is 0.747. The number of hydrogen-bond donors (Lipinski definition) is 3. The Morgan fingerprint density at radius 3 is 2.67 bits per heavy atom. The van der Waals surface area contributed by atoms with Gasteiger partial charge in [0.1, 0.15) is 0 Å². The summed E-state index contributed by atoms with van der Waals surface area (Å²) in [4.78, 5) is 9.98. The molecule has 0 amide bonds. The summed E-state index contributed by atoms with van der Waals surface area (Å²) in [6, 6.07) is 0. The van der Waals surface area contributed by atoms with E-state index >= 15 is 0 Å². The lowest BCUT2D eigenvalue weighted by Gasteiger charge is -2.03. The highest BCUT2D eigenvalue weighted by molar-refractivity contribution is 5.79. The number of aliphatic hydroxyl groups is 2. The topological polar surface area (TPSA) is 77.8 Å². The number of aliphatic hydroxyl groups excluding tert-OH is 2. The highest BCUT2D eigenvalue weighted by Crippen LogP contribution is 2.00. The van der Waals surface area contributed by atoms with E-state index < -0.39 is 12.1 Å². The SMILES string of the molecule is O=C(O)/C=C/CCCC(O)CO. The number of hydrogen-bond acceptors (Lipinski definition) is 3. The molecule has 0 aliphatic carbocycles. The Balaban J connectivity index is 3.26. The fraction of sp³-hybridized carbons (Fsp3) is 0.625. The maximum Gasteiger partial charge on any atom is 0.327 e. The molecule has 0 aromatic heterocycles. The molecule has 4 heteroatoms. The van der Waals surface area contributed by atoms with Crippen LogP contribution in [0.4, 0.5) is 0 Å². The van der Waals surface area contributed by atoms with Crippen molar-refractivity contribution in [3.8, 4) is 0 Å². The van der Waals surface area contributed by atoms with Crippen molar-refractivity contribution in [1.29, 1.82) is 0 Å². The van der Waals surface area contributed by atoms with Crippen LogP contribution in [0.3, 0.4) is 0 Å². The molecule has 3 N–H and O–H groups in total. The Hall–Kier alpha value is -0.870. The molecule has 0 aliphatic heterocycles. The zero-order chi connectivity index (χ0) is 9.40. The van der Waals surface area contributed by atoms with Gasteiger partial charge in [-0.3, -0.25) is 0 Å². The molecule has 0 spiro atoms. The smallest absolute Gasteiger partial charge is 0.327 e. The van der Waals surface area contributed by atoms with Crippen LogP contribution in [0.25, 0.3) is 0 Å². The molecule has 1 atom stereocenters. The molecule has 0 bridgehead atoms. The summed E-state index contributed by atoms with van der Waals surface area (Å²) in [7, 11) is 0. The molecule has 0 saturated carbocycles. The maximum atomic E-state index is 9.98. The van der Waals surface area contributed by atoms with Gasteiger partial charge in [0.2, 0.25) is 0 Å². The maximum absolute atomic E-state index is 9.98. The van der Waals surface area contributed by atoms with Crippen molar-refractivity contribution in [3.05, 3.63) is 12.2 Å². The minimum atomic E-state index is -0.960. The molecule has 0 saturated heterocycles. The van der Waals surface area contributed by atoms with Crippen LogP contribution < -0.4 is 0 Å². The first-order valence-electron chi connectivity index (χ1n) is 3.85. The molecule has 0 aromatic rings. The lowest BCUT2D eigenvalue weighted by molar-refractivity contribution is -0.131. The Morgan fingerprint density at radius 1 is 1.50 bits per heavy atom. The summed E-state index contributed by atoms with van der Waals surface area (Å²) < 4.78 is 0. The highest BCUT2D eigenvalue weighted by Gasteiger charge is 1.99. The molecule has 12 heavy (non-hydrogen) atoms. The van der Waals surface area contributed by atoms with Gasteiger partial charge in [0.15, 0.2) is 0 Å². The molecule has 0 radical (unpaired) electrons. The van der Waals surface area contributed by atoms with E-state index in [9.17, 15) is 4.79 Å². The number of aliphatic carboxylic acids is 1. The Bertz CT molecular complexity index is 153.